The number of rotatable bonds is 7. The van der Waals surface area contributed by atoms with Crippen LogP contribution in [0, 0.1) is 0 Å². The third-order valence-electron chi connectivity index (χ3n) is 4.49. The third kappa shape index (κ3) is 4.53. The van der Waals surface area contributed by atoms with Crippen molar-refractivity contribution < 1.29 is 9.59 Å². The van der Waals surface area contributed by atoms with Gasteiger partial charge in [-0.2, -0.15) is 5.01 Å². The zero-order valence-corrected chi connectivity index (χ0v) is 16.1. The maximum atomic E-state index is 13.0. The SMILES string of the molecule is CCN(CC)CC(=O)NN1C(=O)C(=Cc2ccccc2)N=C1c1ccccc1. The van der Waals surface area contributed by atoms with Gasteiger partial charge in [0.1, 0.15) is 5.70 Å². The number of benzene rings is 2. The van der Waals surface area contributed by atoms with Gasteiger partial charge in [0.15, 0.2) is 5.84 Å². The first-order chi connectivity index (χ1) is 13.6. The zero-order chi connectivity index (χ0) is 19.9. The zero-order valence-electron chi connectivity index (χ0n) is 16.1. The lowest BCUT2D eigenvalue weighted by atomic mass is 10.2. The molecular weight excluding hydrogens is 352 g/mol. The van der Waals surface area contributed by atoms with E-state index in [9.17, 15) is 9.59 Å². The Balaban J connectivity index is 1.89. The van der Waals surface area contributed by atoms with Crippen LogP contribution in [-0.2, 0) is 9.59 Å². The van der Waals surface area contributed by atoms with Crippen molar-refractivity contribution in [1.29, 1.82) is 0 Å². The molecule has 0 bridgehead atoms. The fourth-order valence-electron chi connectivity index (χ4n) is 2.92. The van der Waals surface area contributed by atoms with E-state index in [2.05, 4.69) is 10.4 Å². The molecule has 3 rings (SSSR count). The summed E-state index contributed by atoms with van der Waals surface area (Å²) in [4.78, 5) is 32.0. The lowest BCUT2D eigenvalue weighted by Gasteiger charge is -2.22. The number of amidine groups is 1. The van der Waals surface area contributed by atoms with Gasteiger partial charge >= 0.3 is 0 Å². The third-order valence-corrected chi connectivity index (χ3v) is 4.49. The predicted molar refractivity (Wildman–Crippen MR) is 110 cm³/mol. The Labute approximate surface area is 165 Å². The van der Waals surface area contributed by atoms with Gasteiger partial charge in [0, 0.05) is 5.56 Å². The number of carbonyl (C=O) groups excluding carboxylic acids is 2. The van der Waals surface area contributed by atoms with Crippen LogP contribution in [0.1, 0.15) is 25.0 Å². The molecule has 0 saturated heterocycles. The summed E-state index contributed by atoms with van der Waals surface area (Å²) in [5.74, 6) is -0.182. The summed E-state index contributed by atoms with van der Waals surface area (Å²) >= 11 is 0. The minimum absolute atomic E-state index is 0.219. The fourth-order valence-corrected chi connectivity index (χ4v) is 2.92. The summed E-state index contributed by atoms with van der Waals surface area (Å²) in [6.07, 6.45) is 1.72. The van der Waals surface area contributed by atoms with Crippen molar-refractivity contribution in [3.05, 3.63) is 77.5 Å². The lowest BCUT2D eigenvalue weighted by molar-refractivity contribution is -0.133. The van der Waals surface area contributed by atoms with E-state index in [0.29, 0.717) is 5.84 Å². The van der Waals surface area contributed by atoms with Gasteiger partial charge in [-0.1, -0.05) is 74.5 Å². The molecule has 6 heteroatoms. The second-order valence-corrected chi connectivity index (χ2v) is 6.38. The van der Waals surface area contributed by atoms with Gasteiger partial charge in [0.2, 0.25) is 0 Å². The molecule has 2 amide bonds. The van der Waals surface area contributed by atoms with Crippen molar-refractivity contribution >= 4 is 23.7 Å². The van der Waals surface area contributed by atoms with Crippen molar-refractivity contribution in [3.8, 4) is 0 Å². The molecule has 0 spiro atoms. The van der Waals surface area contributed by atoms with E-state index in [4.69, 9.17) is 0 Å². The number of nitrogens with one attached hydrogen (secondary N) is 1. The normalized spacial score (nSPS) is 15.2. The van der Waals surface area contributed by atoms with E-state index in [1.165, 1.54) is 5.01 Å². The molecule has 0 aliphatic carbocycles. The van der Waals surface area contributed by atoms with Crippen molar-refractivity contribution in [2.45, 2.75) is 13.8 Å². The van der Waals surface area contributed by atoms with Crippen molar-refractivity contribution in [3.63, 3.8) is 0 Å². The standard InChI is InChI=1S/C22H24N4O2/c1-3-25(4-2)16-20(27)24-26-21(18-13-9-6-10-14-18)23-19(22(26)28)15-17-11-7-5-8-12-17/h5-15H,3-4,16H2,1-2H3,(H,24,27). The van der Waals surface area contributed by atoms with Crippen LogP contribution in [0.5, 0.6) is 0 Å². The summed E-state index contributed by atoms with van der Waals surface area (Å²) in [7, 11) is 0. The summed E-state index contributed by atoms with van der Waals surface area (Å²) in [6.45, 7) is 5.73. The number of carbonyl (C=O) groups is 2. The van der Waals surface area contributed by atoms with Gasteiger partial charge in [0.05, 0.1) is 6.54 Å². The van der Waals surface area contributed by atoms with Gasteiger partial charge in [0.25, 0.3) is 11.8 Å². The van der Waals surface area contributed by atoms with Crippen molar-refractivity contribution in [1.82, 2.24) is 15.3 Å². The molecule has 2 aromatic carbocycles. The molecule has 0 unspecified atom stereocenters. The molecule has 0 fully saturated rings. The highest BCUT2D eigenvalue weighted by Crippen LogP contribution is 2.20. The van der Waals surface area contributed by atoms with Gasteiger partial charge in [-0.05, 0) is 24.7 Å². The molecule has 0 radical (unpaired) electrons. The average Bonchev–Trinajstić information content (AvgIpc) is 3.03. The van der Waals surface area contributed by atoms with Gasteiger partial charge in [-0.15, -0.1) is 0 Å². The Morgan fingerprint density at radius 2 is 1.64 bits per heavy atom. The second kappa shape index (κ2) is 9.10. The number of hydrazine groups is 1. The van der Waals surface area contributed by atoms with E-state index >= 15 is 0 Å². The molecular formula is C22H24N4O2. The van der Waals surface area contributed by atoms with Crippen LogP contribution in [0.15, 0.2) is 71.4 Å². The minimum atomic E-state index is -0.351. The number of hydrogen-bond donors (Lipinski definition) is 1. The first kappa shape index (κ1) is 19.5. The summed E-state index contributed by atoms with van der Waals surface area (Å²) in [5.41, 5.74) is 4.64. The molecule has 1 N–H and O–H groups in total. The van der Waals surface area contributed by atoms with Crippen molar-refractivity contribution in [2.24, 2.45) is 4.99 Å². The molecule has 144 valence electrons. The molecule has 0 saturated carbocycles. The number of hydrogen-bond acceptors (Lipinski definition) is 4. The number of amides is 2. The van der Waals surface area contributed by atoms with Crippen LogP contribution in [0.2, 0.25) is 0 Å². The Kier molecular flexibility index (Phi) is 6.34. The molecule has 1 heterocycles. The molecule has 6 nitrogen and oxygen atoms in total. The molecule has 2 aromatic rings. The number of nitrogens with zero attached hydrogens (tertiary/aromatic N) is 3. The topological polar surface area (TPSA) is 65.0 Å². The van der Waals surface area contributed by atoms with Crippen LogP contribution < -0.4 is 5.43 Å². The average molecular weight is 376 g/mol. The molecule has 1 aliphatic heterocycles. The Bertz CT molecular complexity index is 887. The summed E-state index contributed by atoms with van der Waals surface area (Å²) in [6, 6.07) is 18.9. The van der Waals surface area contributed by atoms with E-state index < -0.39 is 0 Å². The number of aliphatic imine (C=N–C) groups is 1. The quantitative estimate of drug-likeness (QED) is 0.756. The lowest BCUT2D eigenvalue weighted by Crippen LogP contribution is -2.50. The van der Waals surface area contributed by atoms with Crippen LogP contribution in [0.25, 0.3) is 6.08 Å². The highest BCUT2D eigenvalue weighted by atomic mass is 16.2. The largest absolute Gasteiger partial charge is 0.297 e. The van der Waals surface area contributed by atoms with Crippen LogP contribution in [0.3, 0.4) is 0 Å². The van der Waals surface area contributed by atoms with E-state index in [0.717, 1.165) is 24.2 Å². The van der Waals surface area contributed by atoms with E-state index in [1.807, 2.05) is 79.4 Å². The highest BCUT2D eigenvalue weighted by Gasteiger charge is 2.32. The van der Waals surface area contributed by atoms with E-state index in [1.54, 1.807) is 6.08 Å². The number of likely N-dealkylation sites (N-methyl/N-ethyl adjacent to an activating group) is 1. The smallest absolute Gasteiger partial charge is 0.295 e. The Morgan fingerprint density at radius 1 is 1.04 bits per heavy atom. The maximum absolute atomic E-state index is 13.0. The minimum Gasteiger partial charge on any atom is -0.295 e. The first-order valence-electron chi connectivity index (χ1n) is 9.39. The maximum Gasteiger partial charge on any atom is 0.297 e. The predicted octanol–water partition coefficient (Wildman–Crippen LogP) is 2.69. The van der Waals surface area contributed by atoms with Crippen LogP contribution in [-0.4, -0.2) is 47.2 Å². The second-order valence-electron chi connectivity index (χ2n) is 6.38. The molecule has 0 aromatic heterocycles. The van der Waals surface area contributed by atoms with Crippen LogP contribution in [0.4, 0.5) is 0 Å². The van der Waals surface area contributed by atoms with Gasteiger partial charge in [-0.25, -0.2) is 4.99 Å². The summed E-state index contributed by atoms with van der Waals surface area (Å²) in [5, 5.41) is 1.25. The van der Waals surface area contributed by atoms with Gasteiger partial charge < -0.3 is 0 Å². The molecule has 1 aliphatic rings. The Hall–Kier alpha value is -3.25. The Morgan fingerprint density at radius 3 is 2.25 bits per heavy atom. The van der Waals surface area contributed by atoms with Crippen LogP contribution >= 0.6 is 0 Å². The first-order valence-corrected chi connectivity index (χ1v) is 9.39. The van der Waals surface area contributed by atoms with Crippen molar-refractivity contribution in [2.75, 3.05) is 19.6 Å². The monoisotopic (exact) mass is 376 g/mol. The van der Waals surface area contributed by atoms with Gasteiger partial charge in [-0.3, -0.25) is 19.9 Å². The highest BCUT2D eigenvalue weighted by molar-refractivity contribution is 6.20. The molecule has 0 atom stereocenters. The fraction of sp³-hybridized carbons (Fsp3) is 0.227. The summed E-state index contributed by atoms with van der Waals surface area (Å²) < 4.78 is 0. The van der Waals surface area contributed by atoms with E-state index in [-0.39, 0.29) is 24.1 Å². The molecule has 28 heavy (non-hydrogen) atoms.